The minimum absolute atomic E-state index is 0.128. The van der Waals surface area contributed by atoms with Gasteiger partial charge in [-0.3, -0.25) is 9.69 Å². The number of nitrogens with zero attached hydrogens (tertiary/aromatic N) is 3. The molecule has 1 amide bonds. The van der Waals surface area contributed by atoms with E-state index >= 15 is 0 Å². The molecule has 1 aromatic rings. The van der Waals surface area contributed by atoms with Crippen molar-refractivity contribution in [3.05, 3.63) is 24.4 Å². The van der Waals surface area contributed by atoms with Gasteiger partial charge in [0.1, 0.15) is 5.82 Å². The number of ether oxygens (including phenoxy) is 1. The Labute approximate surface area is 132 Å². The summed E-state index contributed by atoms with van der Waals surface area (Å²) in [5.74, 6) is 1.17. The lowest BCUT2D eigenvalue weighted by Crippen LogP contribution is -2.47. The van der Waals surface area contributed by atoms with Crippen LogP contribution in [0.2, 0.25) is 0 Å². The molecule has 0 saturated carbocycles. The third-order valence-corrected chi connectivity index (χ3v) is 3.85. The number of pyridine rings is 1. The lowest BCUT2D eigenvalue weighted by molar-refractivity contribution is -0.121. The molecule has 6 heteroatoms. The predicted molar refractivity (Wildman–Crippen MR) is 87.0 cm³/mol. The van der Waals surface area contributed by atoms with Crippen molar-refractivity contribution in [3.8, 4) is 0 Å². The lowest BCUT2D eigenvalue weighted by atomic mass is 10.2. The van der Waals surface area contributed by atoms with Crippen LogP contribution < -0.4 is 10.2 Å². The van der Waals surface area contributed by atoms with Crippen LogP contribution in [-0.4, -0.2) is 68.8 Å². The molecule has 122 valence electrons. The molecule has 1 saturated heterocycles. The van der Waals surface area contributed by atoms with Gasteiger partial charge in [0, 0.05) is 65.6 Å². The Balaban J connectivity index is 1.60. The first kappa shape index (κ1) is 16.7. The molecule has 0 radical (unpaired) electrons. The van der Waals surface area contributed by atoms with Crippen molar-refractivity contribution in [2.75, 3.05) is 57.9 Å². The second kappa shape index (κ2) is 9.38. The second-order valence-corrected chi connectivity index (χ2v) is 5.46. The van der Waals surface area contributed by atoms with E-state index in [1.807, 2.05) is 24.4 Å². The van der Waals surface area contributed by atoms with Crippen molar-refractivity contribution < 1.29 is 9.53 Å². The molecular weight excluding hydrogens is 280 g/mol. The Morgan fingerprint density at radius 3 is 2.82 bits per heavy atom. The SMILES string of the molecule is COCCCNC(=O)CCN1CCN(c2ccccn2)CC1. The van der Waals surface area contributed by atoms with E-state index in [9.17, 15) is 4.79 Å². The van der Waals surface area contributed by atoms with E-state index in [1.54, 1.807) is 7.11 Å². The van der Waals surface area contributed by atoms with Gasteiger partial charge in [0.05, 0.1) is 0 Å². The van der Waals surface area contributed by atoms with Gasteiger partial charge in [0.15, 0.2) is 0 Å². The fourth-order valence-corrected chi connectivity index (χ4v) is 2.53. The fraction of sp³-hybridized carbons (Fsp3) is 0.625. The van der Waals surface area contributed by atoms with Crippen molar-refractivity contribution in [1.82, 2.24) is 15.2 Å². The van der Waals surface area contributed by atoms with Crippen LogP contribution >= 0.6 is 0 Å². The van der Waals surface area contributed by atoms with Gasteiger partial charge in [-0.25, -0.2) is 4.98 Å². The van der Waals surface area contributed by atoms with Crippen LogP contribution in [-0.2, 0) is 9.53 Å². The fourth-order valence-electron chi connectivity index (χ4n) is 2.53. The van der Waals surface area contributed by atoms with Crippen molar-refractivity contribution in [2.24, 2.45) is 0 Å². The number of methoxy groups -OCH3 is 1. The van der Waals surface area contributed by atoms with E-state index in [-0.39, 0.29) is 5.91 Å². The molecule has 1 N–H and O–H groups in total. The summed E-state index contributed by atoms with van der Waals surface area (Å²) in [5, 5.41) is 2.93. The van der Waals surface area contributed by atoms with Crippen LogP contribution in [0.5, 0.6) is 0 Å². The van der Waals surface area contributed by atoms with Crippen LogP contribution in [0.25, 0.3) is 0 Å². The van der Waals surface area contributed by atoms with E-state index in [4.69, 9.17) is 4.74 Å². The summed E-state index contributed by atoms with van der Waals surface area (Å²) in [7, 11) is 1.67. The zero-order chi connectivity index (χ0) is 15.6. The Hall–Kier alpha value is -1.66. The average Bonchev–Trinajstić information content (AvgIpc) is 2.58. The highest BCUT2D eigenvalue weighted by atomic mass is 16.5. The molecule has 0 aromatic carbocycles. The van der Waals surface area contributed by atoms with Gasteiger partial charge in [0.2, 0.25) is 5.91 Å². The number of anilines is 1. The molecule has 2 rings (SSSR count). The second-order valence-electron chi connectivity index (χ2n) is 5.46. The molecular formula is C16H26N4O2. The van der Waals surface area contributed by atoms with E-state index in [0.717, 1.165) is 45.0 Å². The third kappa shape index (κ3) is 5.61. The number of piperazine rings is 1. The van der Waals surface area contributed by atoms with Gasteiger partial charge in [-0.2, -0.15) is 0 Å². The summed E-state index contributed by atoms with van der Waals surface area (Å²) in [6.07, 6.45) is 3.26. The first-order chi connectivity index (χ1) is 10.8. The minimum atomic E-state index is 0.128. The zero-order valence-electron chi connectivity index (χ0n) is 13.3. The largest absolute Gasteiger partial charge is 0.385 e. The number of rotatable bonds is 8. The van der Waals surface area contributed by atoms with Crippen LogP contribution in [0, 0.1) is 0 Å². The smallest absolute Gasteiger partial charge is 0.221 e. The highest BCUT2D eigenvalue weighted by molar-refractivity contribution is 5.76. The van der Waals surface area contributed by atoms with E-state index < -0.39 is 0 Å². The van der Waals surface area contributed by atoms with E-state index in [1.165, 1.54) is 0 Å². The van der Waals surface area contributed by atoms with Gasteiger partial charge in [-0.1, -0.05) is 6.07 Å². The first-order valence-corrected chi connectivity index (χ1v) is 7.93. The van der Waals surface area contributed by atoms with Gasteiger partial charge in [-0.05, 0) is 18.6 Å². The van der Waals surface area contributed by atoms with Crippen molar-refractivity contribution >= 4 is 11.7 Å². The Kier molecular flexibility index (Phi) is 7.12. The number of hydrogen-bond acceptors (Lipinski definition) is 5. The lowest BCUT2D eigenvalue weighted by Gasteiger charge is -2.35. The number of amides is 1. The van der Waals surface area contributed by atoms with Crippen molar-refractivity contribution in [1.29, 1.82) is 0 Å². The third-order valence-electron chi connectivity index (χ3n) is 3.85. The minimum Gasteiger partial charge on any atom is -0.385 e. The molecule has 22 heavy (non-hydrogen) atoms. The number of aromatic nitrogens is 1. The summed E-state index contributed by atoms with van der Waals surface area (Å²) < 4.78 is 4.96. The summed E-state index contributed by atoms with van der Waals surface area (Å²) in [4.78, 5) is 20.8. The van der Waals surface area contributed by atoms with Crippen molar-refractivity contribution in [2.45, 2.75) is 12.8 Å². The van der Waals surface area contributed by atoms with Crippen LogP contribution in [0.15, 0.2) is 24.4 Å². The molecule has 0 spiro atoms. The standard InChI is InChI=1S/C16H26N4O2/c1-22-14-4-8-18-16(21)6-9-19-10-12-20(13-11-19)15-5-2-3-7-17-15/h2-3,5,7H,4,6,8-14H2,1H3,(H,18,21). The van der Waals surface area contributed by atoms with Gasteiger partial charge in [0.25, 0.3) is 0 Å². The van der Waals surface area contributed by atoms with E-state index in [0.29, 0.717) is 19.6 Å². The Morgan fingerprint density at radius 2 is 2.14 bits per heavy atom. The van der Waals surface area contributed by atoms with Gasteiger partial charge >= 0.3 is 0 Å². The number of hydrogen-bond donors (Lipinski definition) is 1. The molecule has 0 unspecified atom stereocenters. The molecule has 0 atom stereocenters. The summed E-state index contributed by atoms with van der Waals surface area (Å²) >= 11 is 0. The average molecular weight is 306 g/mol. The van der Waals surface area contributed by atoms with Crippen LogP contribution in [0.4, 0.5) is 5.82 Å². The molecule has 0 aliphatic carbocycles. The Bertz CT molecular complexity index is 433. The highest BCUT2D eigenvalue weighted by Gasteiger charge is 2.18. The first-order valence-electron chi connectivity index (χ1n) is 7.93. The highest BCUT2D eigenvalue weighted by Crippen LogP contribution is 2.12. The summed E-state index contributed by atoms with van der Waals surface area (Å²) in [6, 6.07) is 6.00. The molecule has 1 aliphatic heterocycles. The topological polar surface area (TPSA) is 57.7 Å². The normalized spacial score (nSPS) is 15.8. The molecule has 1 aliphatic rings. The van der Waals surface area contributed by atoms with Crippen LogP contribution in [0.1, 0.15) is 12.8 Å². The summed E-state index contributed by atoms with van der Waals surface area (Å²) in [6.45, 7) is 6.10. The number of carbonyl (C=O) groups is 1. The van der Waals surface area contributed by atoms with Gasteiger partial charge < -0.3 is 15.0 Å². The van der Waals surface area contributed by atoms with Crippen molar-refractivity contribution in [3.63, 3.8) is 0 Å². The predicted octanol–water partition coefficient (Wildman–Crippen LogP) is 0.746. The molecule has 0 bridgehead atoms. The maximum atomic E-state index is 11.7. The maximum absolute atomic E-state index is 11.7. The summed E-state index contributed by atoms with van der Waals surface area (Å²) in [5.41, 5.74) is 0. The Morgan fingerprint density at radius 1 is 1.32 bits per heavy atom. The molecule has 2 heterocycles. The maximum Gasteiger partial charge on any atom is 0.221 e. The quantitative estimate of drug-likeness (QED) is 0.718. The zero-order valence-corrected chi connectivity index (χ0v) is 13.3. The van der Waals surface area contributed by atoms with E-state index in [2.05, 4.69) is 20.1 Å². The number of nitrogens with one attached hydrogen (secondary N) is 1. The van der Waals surface area contributed by atoms with Crippen LogP contribution in [0.3, 0.4) is 0 Å². The number of carbonyl (C=O) groups excluding carboxylic acids is 1. The molecule has 1 aromatic heterocycles. The van der Waals surface area contributed by atoms with Gasteiger partial charge in [-0.15, -0.1) is 0 Å². The molecule has 6 nitrogen and oxygen atoms in total. The molecule has 1 fully saturated rings. The monoisotopic (exact) mass is 306 g/mol.